The van der Waals surface area contributed by atoms with Gasteiger partial charge in [-0.05, 0) is 244 Å². The highest BCUT2D eigenvalue weighted by Gasteiger charge is 2.14. The molecule has 0 atom stereocenters. The predicted octanol–water partition coefficient (Wildman–Crippen LogP) is 13.3. The first kappa shape index (κ1) is 41.7. The average molecular weight is 647 g/mol. The zero-order valence-electron chi connectivity index (χ0n) is 33.2. The standard InChI is InChI=1S/2C12H18.C10H12F2.C10H13F/c2*1-7-8(2)10(4)12(6)11(5)9(7)3;1-5-6(2)9(11)8(4)10(12)7(5)3;1-6-5-7(2)10(11)9(4)8(6)3/h2*1-6H3;1-4H3;5H,1-4H3. The van der Waals surface area contributed by atoms with E-state index in [0.717, 1.165) is 16.7 Å². The topological polar surface area (TPSA) is 0 Å². The Labute approximate surface area is 285 Å². The van der Waals surface area contributed by atoms with E-state index in [2.05, 4.69) is 83.1 Å². The van der Waals surface area contributed by atoms with E-state index >= 15 is 0 Å². The molecular weight excluding hydrogens is 585 g/mol. The molecule has 0 heterocycles. The van der Waals surface area contributed by atoms with Gasteiger partial charge in [-0.2, -0.15) is 0 Å². The molecule has 4 rings (SSSR count). The second-order valence-electron chi connectivity index (χ2n) is 13.7. The molecule has 0 N–H and O–H groups in total. The first-order valence-electron chi connectivity index (χ1n) is 16.6. The van der Waals surface area contributed by atoms with Crippen LogP contribution in [0.3, 0.4) is 0 Å². The molecule has 47 heavy (non-hydrogen) atoms. The molecule has 0 aromatic heterocycles. The second kappa shape index (κ2) is 16.7. The molecule has 0 bridgehead atoms. The zero-order chi connectivity index (χ0) is 37.0. The molecule has 0 saturated carbocycles. The summed E-state index contributed by atoms with van der Waals surface area (Å²) < 4.78 is 39.6. The third-order valence-corrected chi connectivity index (χ3v) is 11.5. The van der Waals surface area contributed by atoms with Gasteiger partial charge in [0.05, 0.1) is 0 Å². The summed E-state index contributed by atoms with van der Waals surface area (Å²) in [6, 6.07) is 1.89. The highest BCUT2D eigenvalue weighted by molar-refractivity contribution is 5.49. The number of halogens is 3. The van der Waals surface area contributed by atoms with Crippen LogP contribution in [0.2, 0.25) is 0 Å². The molecule has 0 fully saturated rings. The van der Waals surface area contributed by atoms with Gasteiger partial charge >= 0.3 is 0 Å². The maximum Gasteiger partial charge on any atom is 0.132 e. The van der Waals surface area contributed by atoms with Crippen LogP contribution in [-0.4, -0.2) is 0 Å². The van der Waals surface area contributed by atoms with E-state index in [9.17, 15) is 13.2 Å². The van der Waals surface area contributed by atoms with Gasteiger partial charge in [0.15, 0.2) is 0 Å². The van der Waals surface area contributed by atoms with E-state index in [-0.39, 0.29) is 11.4 Å². The molecule has 3 heteroatoms. The van der Waals surface area contributed by atoms with Gasteiger partial charge in [0.2, 0.25) is 0 Å². The van der Waals surface area contributed by atoms with E-state index in [1.54, 1.807) is 27.7 Å². The largest absolute Gasteiger partial charge is 0.206 e. The lowest BCUT2D eigenvalue weighted by Crippen LogP contribution is -2.00. The molecule has 0 aliphatic rings. The molecule has 0 amide bonds. The lowest BCUT2D eigenvalue weighted by Gasteiger charge is -2.15. The fourth-order valence-electron chi connectivity index (χ4n) is 5.90. The summed E-state index contributed by atoms with van der Waals surface area (Å²) in [5, 5.41) is 0. The Hall–Kier alpha value is -3.33. The average Bonchev–Trinajstić information content (AvgIpc) is 3.06. The molecule has 258 valence electrons. The molecule has 0 nitrogen and oxygen atoms in total. The van der Waals surface area contributed by atoms with E-state index in [4.69, 9.17) is 0 Å². The second-order valence-corrected chi connectivity index (χ2v) is 13.7. The minimum Gasteiger partial charge on any atom is -0.206 e. The van der Waals surface area contributed by atoms with Crippen LogP contribution >= 0.6 is 0 Å². The lowest BCUT2D eigenvalue weighted by atomic mass is 9.90. The van der Waals surface area contributed by atoms with Crippen molar-refractivity contribution in [3.8, 4) is 0 Å². The van der Waals surface area contributed by atoms with Gasteiger partial charge in [0.25, 0.3) is 0 Å². The molecule has 0 unspecified atom stereocenters. The molecular formula is C44H61F3. The molecule has 4 aromatic carbocycles. The van der Waals surface area contributed by atoms with Gasteiger partial charge in [-0.1, -0.05) is 6.07 Å². The van der Waals surface area contributed by atoms with E-state index in [1.807, 2.05) is 26.8 Å². The quantitative estimate of drug-likeness (QED) is 0.178. The number of hydrogen-bond donors (Lipinski definition) is 0. The van der Waals surface area contributed by atoms with E-state index < -0.39 is 11.6 Å². The van der Waals surface area contributed by atoms with Crippen molar-refractivity contribution in [1.29, 1.82) is 0 Å². The van der Waals surface area contributed by atoms with Crippen LogP contribution in [0.5, 0.6) is 0 Å². The first-order chi connectivity index (χ1) is 21.4. The predicted molar refractivity (Wildman–Crippen MR) is 200 cm³/mol. The maximum absolute atomic E-state index is 13.2. The third kappa shape index (κ3) is 8.98. The summed E-state index contributed by atoms with van der Waals surface area (Å²) in [4.78, 5) is 0. The van der Waals surface area contributed by atoms with Gasteiger partial charge in [-0.15, -0.1) is 0 Å². The van der Waals surface area contributed by atoms with Gasteiger partial charge < -0.3 is 0 Å². The summed E-state index contributed by atoms with van der Waals surface area (Å²) >= 11 is 0. The monoisotopic (exact) mass is 646 g/mol. The Kier molecular flexibility index (Phi) is 14.8. The molecule has 0 radical (unpaired) electrons. The highest BCUT2D eigenvalue weighted by atomic mass is 19.1. The Morgan fingerprint density at radius 3 is 0.638 bits per heavy atom. The summed E-state index contributed by atoms with van der Waals surface area (Å²) in [6.07, 6.45) is 0. The summed E-state index contributed by atoms with van der Waals surface area (Å²) in [7, 11) is 0. The minimum absolute atomic E-state index is 0.0619. The summed E-state index contributed by atoms with van der Waals surface area (Å²) in [5.74, 6) is -0.903. The van der Waals surface area contributed by atoms with Crippen LogP contribution in [0, 0.1) is 156 Å². The van der Waals surface area contributed by atoms with Crippen LogP contribution < -0.4 is 0 Å². The van der Waals surface area contributed by atoms with Crippen molar-refractivity contribution in [3.63, 3.8) is 0 Å². The van der Waals surface area contributed by atoms with Crippen molar-refractivity contribution in [2.75, 3.05) is 0 Å². The molecule has 0 aliphatic heterocycles. The molecule has 0 aliphatic carbocycles. The van der Waals surface area contributed by atoms with Crippen molar-refractivity contribution in [2.24, 2.45) is 0 Å². The Morgan fingerprint density at radius 2 is 0.404 bits per heavy atom. The normalized spacial score (nSPS) is 10.4. The van der Waals surface area contributed by atoms with Crippen LogP contribution in [-0.2, 0) is 0 Å². The molecule has 4 aromatic rings. The third-order valence-electron chi connectivity index (χ3n) is 11.5. The number of aryl methyl sites for hydroxylation is 2. The van der Waals surface area contributed by atoms with Gasteiger partial charge in [0, 0.05) is 5.56 Å². The van der Waals surface area contributed by atoms with Crippen LogP contribution in [0.25, 0.3) is 0 Å². The van der Waals surface area contributed by atoms with Gasteiger partial charge in [-0.25, -0.2) is 13.2 Å². The van der Waals surface area contributed by atoms with E-state index in [1.165, 1.54) is 79.2 Å². The first-order valence-corrected chi connectivity index (χ1v) is 16.6. The van der Waals surface area contributed by atoms with Crippen LogP contribution in [0.1, 0.15) is 111 Å². The fraction of sp³-hybridized carbons (Fsp3) is 0.455. The summed E-state index contributed by atoms with van der Waals surface area (Å²) in [6.45, 7) is 40.7. The Morgan fingerprint density at radius 1 is 0.213 bits per heavy atom. The zero-order valence-corrected chi connectivity index (χ0v) is 33.2. The highest BCUT2D eigenvalue weighted by Crippen LogP contribution is 2.26. The summed E-state index contributed by atoms with van der Waals surface area (Å²) in [5.41, 5.74) is 23.1. The fourth-order valence-corrected chi connectivity index (χ4v) is 5.90. The van der Waals surface area contributed by atoms with Crippen molar-refractivity contribution in [2.45, 2.75) is 138 Å². The SMILES string of the molecule is Cc1c(C)c(C)c(C)c(C)c1C.Cc1c(C)c(C)c(C)c(C)c1C.Cc1c(C)c(F)c(C)c(F)c1C.Cc1cc(C)c(F)c(C)c1C. The minimum atomic E-state index is -0.421. The number of rotatable bonds is 0. The number of hydrogen-bond acceptors (Lipinski definition) is 0. The Bertz CT molecular complexity index is 1280. The van der Waals surface area contributed by atoms with Crippen molar-refractivity contribution in [1.82, 2.24) is 0 Å². The van der Waals surface area contributed by atoms with Gasteiger partial charge in [-0.3, -0.25) is 0 Å². The van der Waals surface area contributed by atoms with E-state index in [0.29, 0.717) is 16.7 Å². The van der Waals surface area contributed by atoms with Crippen molar-refractivity contribution >= 4 is 0 Å². The van der Waals surface area contributed by atoms with Gasteiger partial charge in [0.1, 0.15) is 17.5 Å². The Balaban J connectivity index is 0.000000314. The van der Waals surface area contributed by atoms with Crippen molar-refractivity contribution < 1.29 is 13.2 Å². The maximum atomic E-state index is 13.2. The molecule has 0 spiro atoms. The van der Waals surface area contributed by atoms with Crippen LogP contribution in [0.15, 0.2) is 6.07 Å². The number of benzene rings is 4. The molecule has 0 saturated heterocycles. The lowest BCUT2D eigenvalue weighted by molar-refractivity contribution is 0.554. The smallest absolute Gasteiger partial charge is 0.132 e. The van der Waals surface area contributed by atoms with Crippen molar-refractivity contribution in [3.05, 3.63) is 135 Å². The van der Waals surface area contributed by atoms with Crippen LogP contribution in [0.4, 0.5) is 13.2 Å².